The molecule has 1 heterocycles. The average Bonchev–Trinajstić information content (AvgIpc) is 3.23. The third-order valence-corrected chi connectivity index (χ3v) is 8.94. The molecule has 0 bridgehead atoms. The van der Waals surface area contributed by atoms with Crippen molar-refractivity contribution in [1.82, 2.24) is 9.80 Å². The fourth-order valence-corrected chi connectivity index (χ4v) is 6.56. The summed E-state index contributed by atoms with van der Waals surface area (Å²) in [7, 11) is 3.23. The topological polar surface area (TPSA) is 120 Å². The minimum absolute atomic E-state index is 0.0714. The monoisotopic (exact) mass is 562 g/mol. The van der Waals surface area contributed by atoms with Gasteiger partial charge in [0, 0.05) is 25.2 Å². The smallest absolute Gasteiger partial charge is 0.271 e. The highest BCUT2D eigenvalue weighted by atomic mass is 32.2. The molecule has 208 valence electrons. The molecule has 0 aromatic heterocycles. The highest BCUT2D eigenvalue weighted by Crippen LogP contribution is 2.52. The number of nitriles is 1. The van der Waals surface area contributed by atoms with Gasteiger partial charge >= 0.3 is 0 Å². The van der Waals surface area contributed by atoms with E-state index in [2.05, 4.69) is 6.07 Å². The lowest BCUT2D eigenvalue weighted by atomic mass is 9.80. The Morgan fingerprint density at radius 1 is 0.975 bits per heavy atom. The van der Waals surface area contributed by atoms with Crippen LogP contribution in [0.2, 0.25) is 0 Å². The van der Waals surface area contributed by atoms with Crippen LogP contribution in [0.1, 0.15) is 23.6 Å². The van der Waals surface area contributed by atoms with E-state index in [1.807, 2.05) is 0 Å². The van der Waals surface area contributed by atoms with Gasteiger partial charge < -0.3 is 14.4 Å². The Kier molecular flexibility index (Phi) is 7.61. The summed E-state index contributed by atoms with van der Waals surface area (Å²) in [5, 5.41) is 9.76. The second-order valence-electron chi connectivity index (χ2n) is 9.52. The molecule has 0 saturated carbocycles. The van der Waals surface area contributed by atoms with Crippen LogP contribution in [-0.4, -0.2) is 71.4 Å². The summed E-state index contributed by atoms with van der Waals surface area (Å²) in [6.45, 7) is 1.64. The van der Waals surface area contributed by atoms with Crippen LogP contribution in [0.25, 0.3) is 0 Å². The van der Waals surface area contributed by atoms with Crippen molar-refractivity contribution in [2.24, 2.45) is 0 Å². The number of methoxy groups -OCH3 is 2. The number of rotatable bonds is 8. The maximum atomic E-state index is 14.9. The van der Waals surface area contributed by atoms with Crippen LogP contribution in [0.3, 0.4) is 0 Å². The first-order valence-electron chi connectivity index (χ1n) is 12.3. The van der Waals surface area contributed by atoms with E-state index in [4.69, 9.17) is 9.47 Å². The van der Waals surface area contributed by atoms with Gasteiger partial charge in [0.05, 0.1) is 42.5 Å². The number of hydrogen-bond donors (Lipinski definition) is 0. The maximum Gasteiger partial charge on any atom is 0.271 e. The first-order valence-corrected chi connectivity index (χ1v) is 13.8. The Bertz CT molecular complexity index is 1610. The largest absolute Gasteiger partial charge is 0.497 e. The second-order valence-corrected chi connectivity index (χ2v) is 11.3. The van der Waals surface area contributed by atoms with Gasteiger partial charge in [0.1, 0.15) is 11.5 Å². The molecule has 10 nitrogen and oxygen atoms in total. The van der Waals surface area contributed by atoms with Gasteiger partial charge in [-0.1, -0.05) is 18.2 Å². The summed E-state index contributed by atoms with van der Waals surface area (Å²) < 4.78 is 39.9. The molecule has 2 atom stereocenters. The van der Waals surface area contributed by atoms with Crippen LogP contribution in [0.15, 0.2) is 71.6 Å². The molecule has 2 amide bonds. The van der Waals surface area contributed by atoms with Crippen molar-refractivity contribution in [2.45, 2.75) is 23.4 Å². The van der Waals surface area contributed by atoms with Crippen molar-refractivity contribution >= 4 is 27.5 Å². The predicted octanol–water partition coefficient (Wildman–Crippen LogP) is 2.96. The van der Waals surface area contributed by atoms with Gasteiger partial charge in [0.15, 0.2) is 5.54 Å². The van der Waals surface area contributed by atoms with Crippen LogP contribution in [0, 0.1) is 11.3 Å². The number of carbonyl (C=O) groups is 2. The normalized spacial score (nSPS) is 17.2. The summed E-state index contributed by atoms with van der Waals surface area (Å²) in [5.74, 6) is -0.382. The number of likely N-dealkylation sites (N-methyl/N-ethyl adjacent to an activating group) is 2. The molecule has 11 heteroatoms. The van der Waals surface area contributed by atoms with Gasteiger partial charge in [-0.05, 0) is 62.5 Å². The molecule has 1 aliphatic rings. The zero-order chi connectivity index (χ0) is 29.4. The molecule has 0 saturated heterocycles. The van der Waals surface area contributed by atoms with E-state index < -0.39 is 27.5 Å². The van der Waals surface area contributed by atoms with Gasteiger partial charge in [-0.2, -0.15) is 5.26 Å². The van der Waals surface area contributed by atoms with Crippen molar-refractivity contribution in [3.05, 3.63) is 83.4 Å². The zero-order valence-electron chi connectivity index (χ0n) is 23.1. The number of anilines is 1. The number of para-hydroxylation sites is 1. The van der Waals surface area contributed by atoms with Crippen molar-refractivity contribution in [2.75, 3.05) is 39.7 Å². The Balaban J connectivity index is 2.10. The third kappa shape index (κ3) is 4.26. The third-order valence-electron chi connectivity index (χ3n) is 7.23. The number of sulfonamides is 1. The van der Waals surface area contributed by atoms with Gasteiger partial charge in [0.25, 0.3) is 15.9 Å². The Hall–Kier alpha value is -4.40. The quantitative estimate of drug-likeness (QED) is 0.411. The predicted molar refractivity (Wildman–Crippen MR) is 149 cm³/mol. The van der Waals surface area contributed by atoms with E-state index in [-0.39, 0.29) is 27.6 Å². The lowest BCUT2D eigenvalue weighted by Crippen LogP contribution is -2.59. The summed E-state index contributed by atoms with van der Waals surface area (Å²) in [6.07, 6.45) is 0. The fourth-order valence-electron chi connectivity index (χ4n) is 5.10. The van der Waals surface area contributed by atoms with Gasteiger partial charge in [0.2, 0.25) is 5.91 Å². The highest BCUT2D eigenvalue weighted by Gasteiger charge is 2.60. The molecule has 1 aliphatic heterocycles. The number of carbonyl (C=O) groups excluding carboxylic acids is 2. The number of nitrogens with zero attached hydrogens (tertiary/aromatic N) is 4. The van der Waals surface area contributed by atoms with Crippen LogP contribution in [-0.2, 0) is 25.2 Å². The van der Waals surface area contributed by atoms with Crippen LogP contribution < -0.4 is 13.8 Å². The maximum absolute atomic E-state index is 14.9. The van der Waals surface area contributed by atoms with E-state index in [9.17, 15) is 23.3 Å². The van der Waals surface area contributed by atoms with E-state index in [0.717, 1.165) is 4.31 Å². The standard InChI is InChI=1S/C29H30N4O6S/c1-19(27(34)31(2)3)32(4)29(23-9-7-8-10-26(23)39-6)24-17-20(18-30)11-16-25(24)33(28(29)35)40(36,37)22-14-12-21(38-5)13-15-22/h7-17,19H,1-6H3/t19?,29-/m1/s1. The van der Waals surface area contributed by atoms with Crippen LogP contribution in [0.5, 0.6) is 11.5 Å². The molecule has 4 rings (SSSR count). The molecular weight excluding hydrogens is 532 g/mol. The molecule has 40 heavy (non-hydrogen) atoms. The Labute approximate surface area is 234 Å². The van der Waals surface area contributed by atoms with Gasteiger partial charge in [-0.3, -0.25) is 14.5 Å². The molecule has 0 radical (unpaired) electrons. The average molecular weight is 563 g/mol. The lowest BCUT2D eigenvalue weighted by Gasteiger charge is -2.42. The van der Waals surface area contributed by atoms with E-state index in [1.165, 1.54) is 61.6 Å². The molecule has 0 N–H and O–H groups in total. The number of benzene rings is 3. The SMILES string of the molecule is COc1ccc(S(=O)(=O)N2C(=O)[C@](c3ccccc3OC)(N(C)C(C)C(=O)N(C)C)c3cc(C#N)ccc32)cc1. The number of amides is 2. The Morgan fingerprint density at radius 2 is 1.62 bits per heavy atom. The number of ether oxygens (including phenoxy) is 2. The Morgan fingerprint density at radius 3 is 2.20 bits per heavy atom. The minimum atomic E-state index is -4.46. The zero-order valence-corrected chi connectivity index (χ0v) is 23.9. The first kappa shape index (κ1) is 28.6. The lowest BCUT2D eigenvalue weighted by molar-refractivity contribution is -0.138. The van der Waals surface area contributed by atoms with Crippen molar-refractivity contribution in [3.63, 3.8) is 0 Å². The second kappa shape index (κ2) is 10.6. The van der Waals surface area contributed by atoms with Crippen LogP contribution in [0.4, 0.5) is 5.69 Å². The minimum Gasteiger partial charge on any atom is -0.497 e. The summed E-state index contributed by atoms with van der Waals surface area (Å²) in [4.78, 5) is 30.9. The summed E-state index contributed by atoms with van der Waals surface area (Å²) in [5.41, 5.74) is -0.998. The molecule has 0 fully saturated rings. The van der Waals surface area contributed by atoms with Crippen molar-refractivity contribution in [1.29, 1.82) is 5.26 Å². The van der Waals surface area contributed by atoms with Gasteiger partial charge in [-0.25, -0.2) is 12.7 Å². The van der Waals surface area contributed by atoms with Gasteiger partial charge in [-0.15, -0.1) is 0 Å². The first-order chi connectivity index (χ1) is 19.0. The highest BCUT2D eigenvalue weighted by molar-refractivity contribution is 7.93. The fraction of sp³-hybridized carbons (Fsp3) is 0.276. The summed E-state index contributed by atoms with van der Waals surface area (Å²) in [6, 6.07) is 18.0. The molecule has 3 aromatic carbocycles. The molecule has 0 aliphatic carbocycles. The molecule has 3 aromatic rings. The van der Waals surface area contributed by atoms with Crippen molar-refractivity contribution in [3.8, 4) is 17.6 Å². The molecular formula is C29H30N4O6S. The molecule has 1 unspecified atom stereocenters. The van der Waals surface area contributed by atoms with E-state index in [1.54, 1.807) is 57.2 Å². The van der Waals surface area contributed by atoms with Crippen LogP contribution >= 0.6 is 0 Å². The van der Waals surface area contributed by atoms with E-state index >= 15 is 0 Å². The van der Waals surface area contributed by atoms with Crippen molar-refractivity contribution < 1.29 is 27.5 Å². The van der Waals surface area contributed by atoms with E-state index in [0.29, 0.717) is 17.1 Å². The molecule has 0 spiro atoms. The summed E-state index contributed by atoms with van der Waals surface area (Å²) >= 11 is 0. The number of hydrogen-bond acceptors (Lipinski definition) is 8. The number of fused-ring (bicyclic) bond motifs is 1.